The van der Waals surface area contributed by atoms with Crippen LogP contribution in [-0.2, 0) is 15.6 Å². The van der Waals surface area contributed by atoms with Crippen molar-refractivity contribution in [2.24, 2.45) is 0 Å². The summed E-state index contributed by atoms with van der Waals surface area (Å²) in [5.41, 5.74) is -1.81. The molecule has 0 unspecified atom stereocenters. The minimum atomic E-state index is -1.81. The van der Waals surface area contributed by atoms with E-state index >= 15 is 0 Å². The molecule has 1 aliphatic heterocycles. The molecule has 5 heteroatoms. The maximum Gasteiger partial charge on any atom is 0.259 e. The molecule has 0 bridgehead atoms. The van der Waals surface area contributed by atoms with Gasteiger partial charge in [0.2, 0.25) is 0 Å². The molecule has 1 aliphatic rings. The lowest BCUT2D eigenvalue weighted by atomic mass is 10.1. The summed E-state index contributed by atoms with van der Waals surface area (Å²) in [6.45, 7) is 3.33. The molecule has 76 valence electrons. The van der Waals surface area contributed by atoms with Crippen LogP contribution in [0.4, 0.5) is 4.39 Å². The van der Waals surface area contributed by atoms with Gasteiger partial charge in [0.25, 0.3) is 5.91 Å². The smallest absolute Gasteiger partial charge is 0.259 e. The second-order valence-electron chi connectivity index (χ2n) is 3.61. The molecule has 13 heavy (non-hydrogen) atoms. The van der Waals surface area contributed by atoms with Gasteiger partial charge in [0, 0.05) is 35.4 Å². The van der Waals surface area contributed by atoms with E-state index in [1.165, 1.54) is 18.7 Å². The molecule has 1 fully saturated rings. The van der Waals surface area contributed by atoms with E-state index in [1.807, 2.05) is 0 Å². The van der Waals surface area contributed by atoms with E-state index in [0.717, 1.165) is 0 Å². The number of halogens is 1. The maximum atomic E-state index is 13.2. The van der Waals surface area contributed by atoms with Crippen LogP contribution in [0.3, 0.4) is 0 Å². The molecule has 0 aromatic heterocycles. The normalized spacial score (nSPS) is 20.4. The monoisotopic (exact) mass is 207 g/mol. The van der Waals surface area contributed by atoms with Crippen LogP contribution >= 0.6 is 0 Å². The summed E-state index contributed by atoms with van der Waals surface area (Å²) < 4.78 is 24.2. The van der Waals surface area contributed by atoms with Crippen molar-refractivity contribution in [1.29, 1.82) is 0 Å². The second kappa shape index (κ2) is 3.74. The summed E-state index contributed by atoms with van der Waals surface area (Å²) in [7, 11) is -0.821. The summed E-state index contributed by atoms with van der Waals surface area (Å²) in [5.74, 6) is 0.452. The average molecular weight is 207 g/mol. The minimum absolute atomic E-state index is 0.415. The molecule has 1 heterocycles. The molecular formula is C8H14FNO2S. The standard InChI is InChI=1S/C8H14FNO2S/c1-8(2,9)7(11)10-3-5-13(12)6-4-10/h3-6H2,1-2H3. The molecule has 0 aromatic rings. The molecule has 1 saturated heterocycles. The van der Waals surface area contributed by atoms with Gasteiger partial charge in [-0.3, -0.25) is 9.00 Å². The van der Waals surface area contributed by atoms with Crippen LogP contribution in [0, 0.1) is 0 Å². The van der Waals surface area contributed by atoms with Crippen LogP contribution in [0.1, 0.15) is 13.8 Å². The predicted molar refractivity (Wildman–Crippen MR) is 49.6 cm³/mol. The van der Waals surface area contributed by atoms with Crippen molar-refractivity contribution in [2.45, 2.75) is 19.5 Å². The number of carbonyl (C=O) groups is 1. The van der Waals surface area contributed by atoms with Crippen LogP contribution in [-0.4, -0.2) is 45.3 Å². The molecule has 0 aliphatic carbocycles. The topological polar surface area (TPSA) is 37.4 Å². The fourth-order valence-electron chi connectivity index (χ4n) is 1.22. The highest BCUT2D eigenvalue weighted by Gasteiger charge is 2.33. The molecule has 0 radical (unpaired) electrons. The van der Waals surface area contributed by atoms with E-state index in [-0.39, 0.29) is 0 Å². The van der Waals surface area contributed by atoms with Gasteiger partial charge in [0.1, 0.15) is 0 Å². The van der Waals surface area contributed by atoms with Gasteiger partial charge in [-0.05, 0) is 13.8 Å². The number of nitrogens with zero attached hydrogens (tertiary/aromatic N) is 1. The van der Waals surface area contributed by atoms with Crippen LogP contribution < -0.4 is 0 Å². The highest BCUT2D eigenvalue weighted by Crippen LogP contribution is 2.14. The highest BCUT2D eigenvalue weighted by molar-refractivity contribution is 7.85. The first kappa shape index (κ1) is 10.6. The molecule has 0 N–H and O–H groups in total. The van der Waals surface area contributed by atoms with Crippen LogP contribution in [0.25, 0.3) is 0 Å². The van der Waals surface area contributed by atoms with Crippen LogP contribution in [0.15, 0.2) is 0 Å². The Balaban J connectivity index is 2.55. The van der Waals surface area contributed by atoms with E-state index < -0.39 is 22.4 Å². The number of hydrogen-bond acceptors (Lipinski definition) is 2. The van der Waals surface area contributed by atoms with Crippen molar-refractivity contribution in [3.05, 3.63) is 0 Å². The van der Waals surface area contributed by atoms with Gasteiger partial charge in [-0.1, -0.05) is 0 Å². The van der Waals surface area contributed by atoms with Crippen molar-refractivity contribution in [3.63, 3.8) is 0 Å². The van der Waals surface area contributed by atoms with Crippen molar-refractivity contribution in [3.8, 4) is 0 Å². The molecule has 3 nitrogen and oxygen atoms in total. The summed E-state index contributed by atoms with van der Waals surface area (Å²) in [4.78, 5) is 12.8. The van der Waals surface area contributed by atoms with Gasteiger partial charge in [-0.2, -0.15) is 0 Å². The van der Waals surface area contributed by atoms with Crippen LogP contribution in [0.5, 0.6) is 0 Å². The van der Waals surface area contributed by atoms with Gasteiger partial charge >= 0.3 is 0 Å². The number of hydrogen-bond donors (Lipinski definition) is 0. The third-order valence-corrected chi connectivity index (χ3v) is 3.25. The van der Waals surface area contributed by atoms with Crippen molar-refractivity contribution in [1.82, 2.24) is 4.90 Å². The first-order valence-corrected chi connectivity index (χ1v) is 5.73. The molecule has 0 atom stereocenters. The predicted octanol–water partition coefficient (Wildman–Crippen LogP) is 0.325. The van der Waals surface area contributed by atoms with E-state index in [1.54, 1.807) is 0 Å². The summed E-state index contributed by atoms with van der Waals surface area (Å²) in [6.07, 6.45) is 0. The van der Waals surface area contributed by atoms with Crippen molar-refractivity contribution in [2.75, 3.05) is 24.6 Å². The Hall–Kier alpha value is -0.450. The van der Waals surface area contributed by atoms with Crippen molar-refractivity contribution >= 4 is 16.7 Å². The molecule has 1 rings (SSSR count). The van der Waals surface area contributed by atoms with Gasteiger partial charge in [-0.25, -0.2) is 4.39 Å². The Kier molecular flexibility index (Phi) is 3.05. The Morgan fingerprint density at radius 3 is 2.23 bits per heavy atom. The second-order valence-corrected chi connectivity index (χ2v) is 5.31. The summed E-state index contributed by atoms with van der Waals surface area (Å²) >= 11 is 0. The molecule has 1 amide bonds. The number of alkyl halides is 1. The average Bonchev–Trinajstić information content (AvgIpc) is 2.03. The lowest BCUT2D eigenvalue weighted by Gasteiger charge is -2.29. The minimum Gasteiger partial charge on any atom is -0.338 e. The molecule has 0 spiro atoms. The Morgan fingerprint density at radius 1 is 1.38 bits per heavy atom. The summed E-state index contributed by atoms with van der Waals surface area (Å²) in [5, 5.41) is 0. The van der Waals surface area contributed by atoms with E-state index in [4.69, 9.17) is 0 Å². The lowest BCUT2D eigenvalue weighted by Crippen LogP contribution is -2.48. The van der Waals surface area contributed by atoms with Crippen molar-refractivity contribution < 1.29 is 13.4 Å². The van der Waals surface area contributed by atoms with E-state index in [9.17, 15) is 13.4 Å². The highest BCUT2D eigenvalue weighted by atomic mass is 32.2. The Labute approximate surface area is 79.7 Å². The quantitative estimate of drug-likeness (QED) is 0.621. The van der Waals surface area contributed by atoms with Gasteiger partial charge in [0.15, 0.2) is 5.67 Å². The number of carbonyl (C=O) groups excluding carboxylic acids is 1. The molecule has 0 aromatic carbocycles. The Bertz CT molecular complexity index is 227. The SMILES string of the molecule is CC(C)(F)C(=O)N1CCS(=O)CC1. The van der Waals surface area contributed by atoms with Gasteiger partial charge < -0.3 is 4.90 Å². The lowest BCUT2D eigenvalue weighted by molar-refractivity contribution is -0.141. The van der Waals surface area contributed by atoms with Gasteiger partial charge in [-0.15, -0.1) is 0 Å². The Morgan fingerprint density at radius 2 is 1.85 bits per heavy atom. The van der Waals surface area contributed by atoms with Gasteiger partial charge in [0.05, 0.1) is 0 Å². The molecule has 0 saturated carbocycles. The number of rotatable bonds is 1. The largest absolute Gasteiger partial charge is 0.338 e. The molecular weight excluding hydrogens is 193 g/mol. The maximum absolute atomic E-state index is 13.2. The first-order chi connectivity index (χ1) is 5.91. The fraction of sp³-hybridized carbons (Fsp3) is 0.875. The zero-order chi connectivity index (χ0) is 10.1. The van der Waals surface area contributed by atoms with Crippen LogP contribution in [0.2, 0.25) is 0 Å². The first-order valence-electron chi connectivity index (χ1n) is 4.24. The third-order valence-electron chi connectivity index (χ3n) is 1.97. The van der Waals surface area contributed by atoms with E-state index in [2.05, 4.69) is 0 Å². The zero-order valence-electron chi connectivity index (χ0n) is 7.88. The summed E-state index contributed by atoms with van der Waals surface area (Å²) in [6, 6.07) is 0. The fourth-order valence-corrected chi connectivity index (χ4v) is 2.27. The number of amides is 1. The zero-order valence-corrected chi connectivity index (χ0v) is 8.69. The third kappa shape index (κ3) is 2.76. The van der Waals surface area contributed by atoms with E-state index in [0.29, 0.717) is 24.6 Å².